The van der Waals surface area contributed by atoms with E-state index in [-0.39, 0.29) is 12.5 Å². The number of rotatable bonds is 5. The quantitative estimate of drug-likeness (QED) is 0.890. The number of aliphatic carboxylic acids is 1. The van der Waals surface area contributed by atoms with Crippen LogP contribution in [-0.2, 0) is 11.2 Å². The van der Waals surface area contributed by atoms with Gasteiger partial charge in [0.15, 0.2) is 0 Å². The Morgan fingerprint density at radius 2 is 2.05 bits per heavy atom. The molecule has 1 N–H and O–H groups in total. The lowest BCUT2D eigenvalue weighted by molar-refractivity contribution is -0.136. The van der Waals surface area contributed by atoms with Crippen LogP contribution < -0.4 is 4.74 Å². The first-order valence-electron chi connectivity index (χ1n) is 5.88. The summed E-state index contributed by atoms with van der Waals surface area (Å²) in [5.74, 6) is -0.172. The third-order valence-corrected chi connectivity index (χ3v) is 2.59. The Hall–Kier alpha value is -2.43. The van der Waals surface area contributed by atoms with Gasteiger partial charge in [-0.25, -0.2) is 0 Å². The van der Waals surface area contributed by atoms with Gasteiger partial charge in [-0.1, -0.05) is 12.1 Å². The molecule has 2 rings (SSSR count). The molecule has 1 aromatic carbocycles. The monoisotopic (exact) mass is 258 g/mol. The second-order valence-corrected chi connectivity index (χ2v) is 4.10. The number of aromatic nitrogens is 2. The molecule has 5 heteroatoms. The summed E-state index contributed by atoms with van der Waals surface area (Å²) in [6, 6.07) is 7.00. The SMILES string of the molecule is CC(Oc1ccc(CC(=O)O)cc1)c1cnccn1. The maximum atomic E-state index is 10.6. The zero-order valence-corrected chi connectivity index (χ0v) is 10.5. The van der Waals surface area contributed by atoms with Gasteiger partial charge in [-0.05, 0) is 24.6 Å². The highest BCUT2D eigenvalue weighted by molar-refractivity contribution is 5.70. The molecular weight excluding hydrogens is 244 g/mol. The topological polar surface area (TPSA) is 72.3 Å². The Kier molecular flexibility index (Phi) is 4.07. The van der Waals surface area contributed by atoms with E-state index in [1.54, 1.807) is 42.9 Å². The van der Waals surface area contributed by atoms with Crippen molar-refractivity contribution in [3.8, 4) is 5.75 Å². The van der Waals surface area contributed by atoms with Crippen molar-refractivity contribution in [3.05, 3.63) is 54.1 Å². The molecule has 1 atom stereocenters. The molecule has 0 aliphatic rings. The molecule has 0 bridgehead atoms. The molecule has 0 aliphatic heterocycles. The molecule has 1 unspecified atom stereocenters. The van der Waals surface area contributed by atoms with Gasteiger partial charge in [-0.15, -0.1) is 0 Å². The summed E-state index contributed by atoms with van der Waals surface area (Å²) in [6.07, 6.45) is 4.69. The lowest BCUT2D eigenvalue weighted by Gasteiger charge is -2.13. The Bertz CT molecular complexity index is 540. The Balaban J connectivity index is 2.01. The second-order valence-electron chi connectivity index (χ2n) is 4.10. The van der Waals surface area contributed by atoms with Gasteiger partial charge in [0, 0.05) is 12.4 Å². The first kappa shape index (κ1) is 13.0. The Morgan fingerprint density at radius 3 is 2.63 bits per heavy atom. The molecule has 0 aliphatic carbocycles. The van der Waals surface area contributed by atoms with Crippen LogP contribution in [0, 0.1) is 0 Å². The van der Waals surface area contributed by atoms with Crippen molar-refractivity contribution in [2.75, 3.05) is 0 Å². The van der Waals surface area contributed by atoms with Crippen molar-refractivity contribution in [1.82, 2.24) is 9.97 Å². The van der Waals surface area contributed by atoms with E-state index < -0.39 is 5.97 Å². The molecule has 0 saturated heterocycles. The summed E-state index contributed by atoms with van der Waals surface area (Å²) in [4.78, 5) is 18.7. The highest BCUT2D eigenvalue weighted by atomic mass is 16.5. The van der Waals surface area contributed by atoms with Gasteiger partial charge in [0.25, 0.3) is 0 Å². The first-order valence-corrected chi connectivity index (χ1v) is 5.88. The number of nitrogens with zero attached hydrogens (tertiary/aromatic N) is 2. The predicted molar refractivity (Wildman–Crippen MR) is 68.9 cm³/mol. The molecule has 19 heavy (non-hydrogen) atoms. The molecule has 0 fully saturated rings. The molecule has 0 radical (unpaired) electrons. The van der Waals surface area contributed by atoms with Gasteiger partial charge in [0.1, 0.15) is 11.9 Å². The number of ether oxygens (including phenoxy) is 1. The summed E-state index contributed by atoms with van der Waals surface area (Å²) in [7, 11) is 0. The molecule has 0 spiro atoms. The van der Waals surface area contributed by atoms with Gasteiger partial charge in [0.2, 0.25) is 0 Å². The second kappa shape index (κ2) is 5.95. The highest BCUT2D eigenvalue weighted by Gasteiger charge is 2.08. The third-order valence-electron chi connectivity index (χ3n) is 2.59. The molecule has 2 aromatic rings. The minimum atomic E-state index is -0.846. The van der Waals surface area contributed by atoms with Gasteiger partial charge in [-0.2, -0.15) is 0 Å². The van der Waals surface area contributed by atoms with Crippen LogP contribution in [0.2, 0.25) is 0 Å². The van der Waals surface area contributed by atoms with E-state index in [0.29, 0.717) is 5.75 Å². The third kappa shape index (κ3) is 3.77. The molecule has 1 aromatic heterocycles. The summed E-state index contributed by atoms with van der Waals surface area (Å²) in [5, 5.41) is 8.68. The van der Waals surface area contributed by atoms with Crippen LogP contribution in [0.1, 0.15) is 24.3 Å². The highest BCUT2D eigenvalue weighted by Crippen LogP contribution is 2.20. The van der Waals surface area contributed by atoms with Crippen molar-refractivity contribution in [2.45, 2.75) is 19.4 Å². The summed E-state index contributed by atoms with van der Waals surface area (Å²) < 4.78 is 5.71. The Morgan fingerprint density at radius 1 is 1.32 bits per heavy atom. The zero-order chi connectivity index (χ0) is 13.7. The van der Waals surface area contributed by atoms with E-state index in [1.807, 2.05) is 6.92 Å². The van der Waals surface area contributed by atoms with E-state index >= 15 is 0 Å². The number of hydrogen-bond acceptors (Lipinski definition) is 4. The number of carboxylic acid groups (broad SMARTS) is 1. The smallest absolute Gasteiger partial charge is 0.307 e. The van der Waals surface area contributed by atoms with Crippen molar-refractivity contribution >= 4 is 5.97 Å². The van der Waals surface area contributed by atoms with E-state index in [0.717, 1.165) is 11.3 Å². The van der Waals surface area contributed by atoms with Crippen LogP contribution in [0.4, 0.5) is 0 Å². The average molecular weight is 258 g/mol. The fourth-order valence-electron chi connectivity index (χ4n) is 1.65. The largest absolute Gasteiger partial charge is 0.484 e. The number of carboxylic acids is 1. The molecular formula is C14H14N2O3. The first-order chi connectivity index (χ1) is 9.15. The summed E-state index contributed by atoms with van der Waals surface area (Å²) >= 11 is 0. The number of benzene rings is 1. The minimum Gasteiger partial charge on any atom is -0.484 e. The fourth-order valence-corrected chi connectivity index (χ4v) is 1.65. The van der Waals surface area contributed by atoms with Crippen LogP contribution >= 0.6 is 0 Å². The number of carbonyl (C=O) groups is 1. The average Bonchev–Trinajstić information content (AvgIpc) is 2.41. The molecule has 5 nitrogen and oxygen atoms in total. The summed E-state index contributed by atoms with van der Waals surface area (Å²) in [6.45, 7) is 1.88. The number of hydrogen-bond donors (Lipinski definition) is 1. The van der Waals surface area contributed by atoms with Gasteiger partial charge >= 0.3 is 5.97 Å². The van der Waals surface area contributed by atoms with E-state index in [4.69, 9.17) is 9.84 Å². The van der Waals surface area contributed by atoms with E-state index in [1.165, 1.54) is 0 Å². The van der Waals surface area contributed by atoms with E-state index in [9.17, 15) is 4.79 Å². The Labute approximate surface area is 110 Å². The van der Waals surface area contributed by atoms with Crippen molar-refractivity contribution < 1.29 is 14.6 Å². The summed E-state index contributed by atoms with van der Waals surface area (Å²) in [5.41, 5.74) is 1.49. The predicted octanol–water partition coefficient (Wildman–Crippen LogP) is 2.24. The lowest BCUT2D eigenvalue weighted by Crippen LogP contribution is -2.05. The molecule has 0 saturated carbocycles. The van der Waals surface area contributed by atoms with Crippen LogP contribution in [-0.4, -0.2) is 21.0 Å². The maximum Gasteiger partial charge on any atom is 0.307 e. The van der Waals surface area contributed by atoms with Crippen LogP contribution in [0.5, 0.6) is 5.75 Å². The van der Waals surface area contributed by atoms with E-state index in [2.05, 4.69) is 9.97 Å². The fraction of sp³-hybridized carbons (Fsp3) is 0.214. The standard InChI is InChI=1S/C14H14N2O3/c1-10(13-9-15-6-7-16-13)19-12-4-2-11(3-5-12)8-14(17)18/h2-7,9-10H,8H2,1H3,(H,17,18). The van der Waals surface area contributed by atoms with Crippen LogP contribution in [0.15, 0.2) is 42.9 Å². The van der Waals surface area contributed by atoms with Crippen LogP contribution in [0.3, 0.4) is 0 Å². The van der Waals surface area contributed by atoms with Crippen molar-refractivity contribution in [3.63, 3.8) is 0 Å². The molecule has 1 heterocycles. The molecule has 0 amide bonds. The van der Waals surface area contributed by atoms with Crippen LogP contribution in [0.25, 0.3) is 0 Å². The minimum absolute atomic E-state index is 0.0139. The lowest BCUT2D eigenvalue weighted by atomic mass is 10.1. The van der Waals surface area contributed by atoms with Crippen molar-refractivity contribution in [2.24, 2.45) is 0 Å². The normalized spacial score (nSPS) is 11.8. The zero-order valence-electron chi connectivity index (χ0n) is 10.5. The van der Waals surface area contributed by atoms with Gasteiger partial charge < -0.3 is 9.84 Å². The van der Waals surface area contributed by atoms with Crippen molar-refractivity contribution in [1.29, 1.82) is 0 Å². The molecule has 98 valence electrons. The maximum absolute atomic E-state index is 10.6. The van der Waals surface area contributed by atoms with Gasteiger partial charge in [-0.3, -0.25) is 14.8 Å². The van der Waals surface area contributed by atoms with Gasteiger partial charge in [0.05, 0.1) is 18.3 Å².